The first-order chi connectivity index (χ1) is 7.29. The molecule has 1 N–H and O–H groups in total. The Kier molecular flexibility index (Phi) is 3.66. The van der Waals surface area contributed by atoms with Crippen molar-refractivity contribution >= 4 is 16.1 Å². The molecule has 6 heteroatoms. The van der Waals surface area contributed by atoms with Crippen LogP contribution in [0.4, 0.5) is 0 Å². The van der Waals surface area contributed by atoms with Gasteiger partial charge >= 0.3 is 5.97 Å². The fourth-order valence-corrected chi connectivity index (χ4v) is 1.79. The highest BCUT2D eigenvalue weighted by molar-refractivity contribution is 7.86. The fraction of sp³-hybridized carbons (Fsp3) is 0.300. The normalized spacial score (nSPS) is 13.4. The van der Waals surface area contributed by atoms with Crippen LogP contribution in [0, 0.1) is 6.92 Å². The lowest BCUT2D eigenvalue weighted by Gasteiger charge is -2.12. The van der Waals surface area contributed by atoms with Crippen molar-refractivity contribution < 1.29 is 22.5 Å². The van der Waals surface area contributed by atoms with E-state index in [2.05, 4.69) is 4.18 Å². The molecule has 1 unspecified atom stereocenters. The summed E-state index contributed by atoms with van der Waals surface area (Å²) in [7, 11) is -3.81. The SMILES string of the molecule is Cc1cccc(C(OS(C)(=O)=O)C(=O)O)c1. The van der Waals surface area contributed by atoms with E-state index in [9.17, 15) is 13.2 Å². The molecule has 0 aliphatic heterocycles. The summed E-state index contributed by atoms with van der Waals surface area (Å²) in [6.07, 6.45) is -0.673. The number of carboxylic acid groups (broad SMARTS) is 1. The predicted molar refractivity (Wildman–Crippen MR) is 57.5 cm³/mol. The van der Waals surface area contributed by atoms with Crippen molar-refractivity contribution in [1.29, 1.82) is 0 Å². The van der Waals surface area contributed by atoms with Gasteiger partial charge in [-0.1, -0.05) is 29.8 Å². The molecule has 1 rings (SSSR count). The van der Waals surface area contributed by atoms with Crippen LogP contribution in [0.1, 0.15) is 17.2 Å². The average molecular weight is 244 g/mol. The fourth-order valence-electron chi connectivity index (χ4n) is 1.25. The lowest BCUT2D eigenvalue weighted by atomic mass is 10.1. The lowest BCUT2D eigenvalue weighted by molar-refractivity contribution is -0.145. The second-order valence-electron chi connectivity index (χ2n) is 3.43. The van der Waals surface area contributed by atoms with Gasteiger partial charge in [-0.15, -0.1) is 0 Å². The molecule has 16 heavy (non-hydrogen) atoms. The third kappa shape index (κ3) is 3.63. The Balaban J connectivity index is 3.08. The summed E-state index contributed by atoms with van der Waals surface area (Å²) < 4.78 is 26.4. The Hall–Kier alpha value is -1.40. The Morgan fingerprint density at radius 1 is 1.44 bits per heavy atom. The summed E-state index contributed by atoms with van der Waals surface area (Å²) in [5.74, 6) is -1.34. The number of rotatable bonds is 4. The van der Waals surface area contributed by atoms with Crippen molar-refractivity contribution in [3.8, 4) is 0 Å². The first kappa shape index (κ1) is 12.7. The zero-order valence-electron chi connectivity index (χ0n) is 8.88. The minimum Gasteiger partial charge on any atom is -0.479 e. The quantitative estimate of drug-likeness (QED) is 0.802. The van der Waals surface area contributed by atoms with Gasteiger partial charge in [0.25, 0.3) is 10.1 Å². The van der Waals surface area contributed by atoms with E-state index in [0.29, 0.717) is 5.56 Å². The van der Waals surface area contributed by atoms with Crippen molar-refractivity contribution in [1.82, 2.24) is 0 Å². The number of aliphatic carboxylic acids is 1. The minimum absolute atomic E-state index is 0.304. The number of hydrogen-bond acceptors (Lipinski definition) is 4. The summed E-state index contributed by atoms with van der Waals surface area (Å²) in [6.45, 7) is 1.78. The number of carbonyl (C=O) groups is 1. The van der Waals surface area contributed by atoms with Gasteiger partial charge in [0.1, 0.15) is 0 Å². The number of hydrogen-bond donors (Lipinski definition) is 1. The van der Waals surface area contributed by atoms with Gasteiger partial charge in [-0.3, -0.25) is 4.18 Å². The lowest BCUT2D eigenvalue weighted by Crippen LogP contribution is -2.18. The number of carboxylic acids is 1. The van der Waals surface area contributed by atoms with Crippen molar-refractivity contribution in [3.05, 3.63) is 35.4 Å². The summed E-state index contributed by atoms with van der Waals surface area (Å²) in [5, 5.41) is 8.89. The Morgan fingerprint density at radius 2 is 2.06 bits per heavy atom. The maximum absolute atomic E-state index is 10.9. The van der Waals surface area contributed by atoms with Crippen LogP contribution in [0.25, 0.3) is 0 Å². The molecule has 0 saturated carbocycles. The van der Waals surface area contributed by atoms with Gasteiger partial charge in [-0.05, 0) is 12.5 Å². The molecule has 0 aliphatic rings. The number of aryl methyl sites for hydroxylation is 1. The second-order valence-corrected chi connectivity index (χ2v) is 5.03. The van der Waals surface area contributed by atoms with Crippen LogP contribution in [-0.4, -0.2) is 25.7 Å². The second kappa shape index (κ2) is 4.63. The highest BCUT2D eigenvalue weighted by Gasteiger charge is 2.25. The van der Waals surface area contributed by atoms with Gasteiger partial charge < -0.3 is 5.11 Å². The van der Waals surface area contributed by atoms with E-state index in [-0.39, 0.29) is 0 Å². The molecular formula is C10H12O5S. The summed E-state index contributed by atoms with van der Waals surface area (Å²) in [4.78, 5) is 10.9. The first-order valence-corrected chi connectivity index (χ1v) is 6.29. The highest BCUT2D eigenvalue weighted by Crippen LogP contribution is 2.20. The molecule has 0 heterocycles. The summed E-state index contributed by atoms with van der Waals surface area (Å²) >= 11 is 0. The Labute approximate surface area is 93.8 Å². The van der Waals surface area contributed by atoms with Crippen LogP contribution in [0.2, 0.25) is 0 Å². The van der Waals surface area contributed by atoms with E-state index < -0.39 is 22.2 Å². The zero-order chi connectivity index (χ0) is 12.3. The molecule has 88 valence electrons. The maximum atomic E-state index is 10.9. The molecule has 0 fully saturated rings. The van der Waals surface area contributed by atoms with E-state index in [1.54, 1.807) is 25.1 Å². The van der Waals surface area contributed by atoms with Gasteiger partial charge in [-0.25, -0.2) is 4.79 Å². The average Bonchev–Trinajstić information content (AvgIpc) is 2.12. The predicted octanol–water partition coefficient (Wildman–Crippen LogP) is 1.10. The Morgan fingerprint density at radius 3 is 2.50 bits per heavy atom. The molecular weight excluding hydrogens is 232 g/mol. The van der Waals surface area contributed by atoms with Gasteiger partial charge in [0, 0.05) is 0 Å². The minimum atomic E-state index is -3.81. The summed E-state index contributed by atoms with van der Waals surface area (Å²) in [5.41, 5.74) is 1.14. The van der Waals surface area contributed by atoms with E-state index in [0.717, 1.165) is 11.8 Å². The van der Waals surface area contributed by atoms with E-state index >= 15 is 0 Å². The molecule has 1 aromatic rings. The largest absolute Gasteiger partial charge is 0.479 e. The van der Waals surface area contributed by atoms with Crippen LogP contribution < -0.4 is 0 Å². The molecule has 0 amide bonds. The first-order valence-electron chi connectivity index (χ1n) is 4.47. The van der Waals surface area contributed by atoms with Crippen LogP contribution in [0.3, 0.4) is 0 Å². The molecule has 1 atom stereocenters. The van der Waals surface area contributed by atoms with Gasteiger partial charge in [-0.2, -0.15) is 8.42 Å². The van der Waals surface area contributed by atoms with Crippen molar-refractivity contribution in [2.75, 3.05) is 6.26 Å². The van der Waals surface area contributed by atoms with Gasteiger partial charge in [0.05, 0.1) is 6.26 Å². The van der Waals surface area contributed by atoms with Crippen LogP contribution in [0.5, 0.6) is 0 Å². The molecule has 0 aromatic heterocycles. The standard InChI is InChI=1S/C10H12O5S/c1-7-4-3-5-8(6-7)9(10(11)12)15-16(2,13)14/h3-6,9H,1-2H3,(H,11,12). The van der Waals surface area contributed by atoms with Crippen molar-refractivity contribution in [2.24, 2.45) is 0 Å². The summed E-state index contributed by atoms with van der Waals surface area (Å²) in [6, 6.07) is 6.51. The monoisotopic (exact) mass is 244 g/mol. The van der Waals surface area contributed by atoms with Crippen LogP contribution >= 0.6 is 0 Å². The molecule has 0 spiro atoms. The van der Waals surface area contributed by atoms with Crippen molar-refractivity contribution in [3.63, 3.8) is 0 Å². The van der Waals surface area contributed by atoms with Gasteiger partial charge in [0.2, 0.25) is 0 Å². The third-order valence-corrected chi connectivity index (χ3v) is 2.38. The highest BCUT2D eigenvalue weighted by atomic mass is 32.2. The van der Waals surface area contributed by atoms with E-state index in [1.807, 2.05) is 0 Å². The van der Waals surface area contributed by atoms with Crippen LogP contribution in [0.15, 0.2) is 24.3 Å². The molecule has 1 aromatic carbocycles. The number of benzene rings is 1. The maximum Gasteiger partial charge on any atom is 0.339 e. The molecule has 0 radical (unpaired) electrons. The van der Waals surface area contributed by atoms with Gasteiger partial charge in [0.15, 0.2) is 6.10 Å². The molecule has 5 nitrogen and oxygen atoms in total. The molecule has 0 aliphatic carbocycles. The Bertz CT molecular complexity index is 492. The third-order valence-electron chi connectivity index (χ3n) is 1.84. The van der Waals surface area contributed by atoms with E-state index in [1.165, 1.54) is 6.07 Å². The van der Waals surface area contributed by atoms with Crippen molar-refractivity contribution in [2.45, 2.75) is 13.0 Å². The topological polar surface area (TPSA) is 80.7 Å². The van der Waals surface area contributed by atoms with Crippen LogP contribution in [-0.2, 0) is 19.1 Å². The van der Waals surface area contributed by atoms with E-state index in [4.69, 9.17) is 5.11 Å². The molecule has 0 saturated heterocycles. The zero-order valence-corrected chi connectivity index (χ0v) is 9.69. The smallest absolute Gasteiger partial charge is 0.339 e. The molecule has 0 bridgehead atoms.